The highest BCUT2D eigenvalue weighted by Crippen LogP contribution is 2.27. The summed E-state index contributed by atoms with van der Waals surface area (Å²) in [7, 11) is 0. The van der Waals surface area contributed by atoms with Crippen LogP contribution in [0.4, 0.5) is 5.69 Å². The van der Waals surface area contributed by atoms with Crippen molar-refractivity contribution in [2.75, 3.05) is 0 Å². The van der Waals surface area contributed by atoms with Gasteiger partial charge in [-0.3, -0.25) is 15.1 Å². The zero-order valence-corrected chi connectivity index (χ0v) is 9.44. The summed E-state index contributed by atoms with van der Waals surface area (Å²) in [5, 5.41) is 10.5. The molecule has 0 aliphatic carbocycles. The van der Waals surface area contributed by atoms with Crippen LogP contribution in [0.5, 0.6) is 0 Å². The Labute approximate surface area is 93.4 Å². The molecular weight excluding hydrogens is 216 g/mol. The van der Waals surface area contributed by atoms with Crippen molar-refractivity contribution in [3.8, 4) is 0 Å². The van der Waals surface area contributed by atoms with Crippen molar-refractivity contribution in [1.29, 1.82) is 0 Å². The Kier molecular flexibility index (Phi) is 4.03. The number of hydrogen-bond acceptors (Lipinski definition) is 3. The molecule has 0 N–H and O–H groups in total. The lowest BCUT2D eigenvalue weighted by atomic mass is 9.98. The van der Waals surface area contributed by atoms with Crippen molar-refractivity contribution in [3.63, 3.8) is 0 Å². The second kappa shape index (κ2) is 5.07. The van der Waals surface area contributed by atoms with Crippen LogP contribution in [0.3, 0.4) is 0 Å². The van der Waals surface area contributed by atoms with E-state index in [9.17, 15) is 10.1 Å². The van der Waals surface area contributed by atoms with E-state index in [2.05, 4.69) is 4.98 Å². The van der Waals surface area contributed by atoms with Gasteiger partial charge in [-0.15, -0.1) is 11.6 Å². The van der Waals surface area contributed by atoms with Gasteiger partial charge in [0.2, 0.25) is 0 Å². The molecule has 4 nitrogen and oxygen atoms in total. The van der Waals surface area contributed by atoms with E-state index < -0.39 is 4.92 Å². The fraction of sp³-hybridized carbons (Fsp3) is 0.500. The molecule has 1 rings (SSSR count). The topological polar surface area (TPSA) is 56.0 Å². The van der Waals surface area contributed by atoms with Gasteiger partial charge in [0.15, 0.2) is 0 Å². The average molecular weight is 229 g/mol. The summed E-state index contributed by atoms with van der Waals surface area (Å²) in [6.45, 7) is 3.86. The van der Waals surface area contributed by atoms with E-state index in [4.69, 9.17) is 11.6 Å². The maximum atomic E-state index is 10.6. The van der Waals surface area contributed by atoms with Crippen molar-refractivity contribution in [2.45, 2.75) is 31.6 Å². The number of hydrogen-bond donors (Lipinski definition) is 0. The number of nitrogens with zero attached hydrogens (tertiary/aromatic N) is 2. The molecule has 0 aliphatic rings. The molecule has 5 heteroatoms. The summed E-state index contributed by atoms with van der Waals surface area (Å²) >= 11 is 6.00. The number of pyridine rings is 1. The fourth-order valence-electron chi connectivity index (χ4n) is 1.52. The third-order valence-corrected chi connectivity index (χ3v) is 2.65. The van der Waals surface area contributed by atoms with E-state index in [0.717, 1.165) is 6.42 Å². The van der Waals surface area contributed by atoms with Crippen LogP contribution >= 0.6 is 11.6 Å². The van der Waals surface area contributed by atoms with E-state index in [1.165, 1.54) is 18.3 Å². The smallest absolute Gasteiger partial charge is 0.260 e. The minimum absolute atomic E-state index is 0.0616. The molecule has 0 saturated carbocycles. The SMILES string of the molecule is CCC(c1cc([N+](=O)[O-])ccn1)C(C)Cl. The first-order valence-electron chi connectivity index (χ1n) is 4.80. The van der Waals surface area contributed by atoms with Crippen molar-refractivity contribution < 1.29 is 4.92 Å². The van der Waals surface area contributed by atoms with Crippen LogP contribution < -0.4 is 0 Å². The second-order valence-electron chi connectivity index (χ2n) is 3.39. The Bertz CT molecular complexity index is 355. The van der Waals surface area contributed by atoms with Crippen LogP contribution in [0.25, 0.3) is 0 Å². The van der Waals surface area contributed by atoms with E-state index >= 15 is 0 Å². The summed E-state index contributed by atoms with van der Waals surface area (Å²) in [4.78, 5) is 14.3. The monoisotopic (exact) mass is 228 g/mol. The Balaban J connectivity index is 3.03. The summed E-state index contributed by atoms with van der Waals surface area (Å²) in [6, 6.07) is 2.88. The van der Waals surface area contributed by atoms with Gasteiger partial charge in [-0.25, -0.2) is 0 Å². The largest absolute Gasteiger partial charge is 0.272 e. The van der Waals surface area contributed by atoms with E-state index in [1.807, 2.05) is 13.8 Å². The second-order valence-corrected chi connectivity index (χ2v) is 4.08. The normalized spacial score (nSPS) is 14.6. The number of rotatable bonds is 4. The Morgan fingerprint density at radius 1 is 1.67 bits per heavy atom. The standard InChI is InChI=1S/C10H13ClN2O2/c1-3-9(7(2)11)10-6-8(13(14)15)4-5-12-10/h4-7,9H,3H2,1-2H3. The van der Waals surface area contributed by atoms with Crippen LogP contribution in [0.15, 0.2) is 18.3 Å². The first-order valence-corrected chi connectivity index (χ1v) is 5.24. The van der Waals surface area contributed by atoms with Gasteiger partial charge in [0.05, 0.1) is 10.6 Å². The number of aromatic nitrogens is 1. The Hall–Kier alpha value is -1.16. The molecule has 1 heterocycles. The lowest BCUT2D eigenvalue weighted by Gasteiger charge is -2.15. The van der Waals surface area contributed by atoms with Gasteiger partial charge in [0, 0.05) is 29.6 Å². The molecule has 82 valence electrons. The van der Waals surface area contributed by atoms with Crippen LogP contribution in [-0.4, -0.2) is 15.3 Å². The molecular formula is C10H13ClN2O2. The highest BCUT2D eigenvalue weighted by atomic mass is 35.5. The maximum absolute atomic E-state index is 10.6. The van der Waals surface area contributed by atoms with Crippen LogP contribution in [0.1, 0.15) is 31.9 Å². The van der Waals surface area contributed by atoms with Crippen molar-refractivity contribution in [1.82, 2.24) is 4.98 Å². The van der Waals surface area contributed by atoms with Crippen molar-refractivity contribution in [3.05, 3.63) is 34.1 Å². The molecule has 1 aromatic rings. The van der Waals surface area contributed by atoms with Crippen molar-refractivity contribution >= 4 is 17.3 Å². The zero-order valence-electron chi connectivity index (χ0n) is 8.68. The van der Waals surface area contributed by atoms with Crippen LogP contribution in [-0.2, 0) is 0 Å². The summed E-state index contributed by atoms with van der Waals surface area (Å²) < 4.78 is 0. The first kappa shape index (κ1) is 11.9. The van der Waals surface area contributed by atoms with E-state index in [1.54, 1.807) is 0 Å². The molecule has 2 atom stereocenters. The Morgan fingerprint density at radius 3 is 2.80 bits per heavy atom. The lowest BCUT2D eigenvalue weighted by molar-refractivity contribution is -0.385. The van der Waals surface area contributed by atoms with Gasteiger partial charge < -0.3 is 0 Å². The van der Waals surface area contributed by atoms with Crippen LogP contribution in [0, 0.1) is 10.1 Å². The summed E-state index contributed by atoms with van der Waals surface area (Å²) in [5.74, 6) is 0.0616. The Morgan fingerprint density at radius 2 is 2.33 bits per heavy atom. The minimum Gasteiger partial charge on any atom is -0.260 e. The highest BCUT2D eigenvalue weighted by molar-refractivity contribution is 6.20. The minimum atomic E-state index is -0.420. The molecule has 0 saturated heterocycles. The van der Waals surface area contributed by atoms with E-state index in [-0.39, 0.29) is 17.0 Å². The number of nitro groups is 1. The molecule has 0 spiro atoms. The lowest BCUT2D eigenvalue weighted by Crippen LogP contribution is -2.10. The molecule has 0 fully saturated rings. The van der Waals surface area contributed by atoms with Gasteiger partial charge in [0.25, 0.3) is 5.69 Å². The average Bonchev–Trinajstić information content (AvgIpc) is 2.18. The molecule has 0 amide bonds. The molecule has 1 aromatic heterocycles. The van der Waals surface area contributed by atoms with Crippen LogP contribution in [0.2, 0.25) is 0 Å². The summed E-state index contributed by atoms with van der Waals surface area (Å²) in [5.41, 5.74) is 0.755. The third kappa shape index (κ3) is 2.89. The first-order chi connectivity index (χ1) is 7.06. The molecule has 0 radical (unpaired) electrons. The zero-order chi connectivity index (χ0) is 11.4. The maximum Gasteiger partial charge on any atom is 0.272 e. The molecule has 15 heavy (non-hydrogen) atoms. The van der Waals surface area contributed by atoms with Gasteiger partial charge in [-0.1, -0.05) is 6.92 Å². The van der Waals surface area contributed by atoms with Gasteiger partial charge in [-0.05, 0) is 13.3 Å². The predicted octanol–water partition coefficient (Wildman–Crippen LogP) is 3.11. The summed E-state index contributed by atoms with van der Waals surface area (Å²) in [6.07, 6.45) is 2.27. The number of alkyl halides is 1. The van der Waals surface area contributed by atoms with Gasteiger partial charge in [0.1, 0.15) is 0 Å². The van der Waals surface area contributed by atoms with Gasteiger partial charge in [-0.2, -0.15) is 0 Å². The molecule has 0 bridgehead atoms. The quantitative estimate of drug-likeness (QED) is 0.452. The highest BCUT2D eigenvalue weighted by Gasteiger charge is 2.19. The predicted molar refractivity (Wildman–Crippen MR) is 59.2 cm³/mol. The molecule has 2 unspecified atom stereocenters. The third-order valence-electron chi connectivity index (χ3n) is 2.35. The number of halogens is 1. The van der Waals surface area contributed by atoms with Gasteiger partial charge >= 0.3 is 0 Å². The fourth-order valence-corrected chi connectivity index (χ4v) is 1.83. The molecule has 0 aromatic carbocycles. The molecule has 0 aliphatic heterocycles. The van der Waals surface area contributed by atoms with Crippen molar-refractivity contribution in [2.24, 2.45) is 0 Å². The van der Waals surface area contributed by atoms with E-state index in [0.29, 0.717) is 5.69 Å².